The summed E-state index contributed by atoms with van der Waals surface area (Å²) >= 11 is 0. The van der Waals surface area contributed by atoms with E-state index in [-0.39, 0.29) is 16.0 Å². The van der Waals surface area contributed by atoms with Crippen molar-refractivity contribution in [2.24, 2.45) is 0 Å². The van der Waals surface area contributed by atoms with Crippen LogP contribution in [-0.2, 0) is 14.8 Å². The lowest BCUT2D eigenvalue weighted by Gasteiger charge is -2.07. The first-order chi connectivity index (χ1) is 11.7. The molecule has 0 aliphatic heterocycles. The van der Waals surface area contributed by atoms with E-state index >= 15 is 0 Å². The van der Waals surface area contributed by atoms with Crippen LogP contribution in [0.15, 0.2) is 47.4 Å². The molecule has 0 heterocycles. The van der Waals surface area contributed by atoms with Crippen molar-refractivity contribution in [3.63, 3.8) is 0 Å². The number of ketones is 1. The van der Waals surface area contributed by atoms with Gasteiger partial charge in [0.2, 0.25) is 10.0 Å². The molecule has 1 N–H and O–H groups in total. The minimum Gasteiger partial charge on any atom is -0.454 e. The summed E-state index contributed by atoms with van der Waals surface area (Å²) in [5.41, 5.74) is -0.229. The lowest BCUT2D eigenvalue weighted by Crippen LogP contribution is -2.19. The fourth-order valence-electron chi connectivity index (χ4n) is 1.88. The number of esters is 1. The number of hydrogen-bond acceptors (Lipinski definition) is 5. The van der Waals surface area contributed by atoms with Crippen molar-refractivity contribution in [3.8, 4) is 0 Å². The predicted octanol–water partition coefficient (Wildman–Crippen LogP) is 1.91. The number of hydrogen-bond donors (Lipinski definition) is 1. The molecule has 2 rings (SSSR count). The van der Waals surface area contributed by atoms with Crippen LogP contribution in [-0.4, -0.2) is 33.8 Å². The van der Waals surface area contributed by atoms with Crippen LogP contribution >= 0.6 is 0 Å². The second-order valence-electron chi connectivity index (χ2n) is 4.86. The molecular weight excluding hydrogens is 356 g/mol. The van der Waals surface area contributed by atoms with Gasteiger partial charge >= 0.3 is 5.97 Å². The maximum atomic E-state index is 13.1. The summed E-state index contributed by atoms with van der Waals surface area (Å²) < 4.78 is 56.2. The number of Topliss-reactive ketones (excluding diaryl/α,β-unsaturated/α-hetero) is 1. The summed E-state index contributed by atoms with van der Waals surface area (Å²) in [6, 6.07) is 7.60. The van der Waals surface area contributed by atoms with Crippen molar-refractivity contribution in [3.05, 3.63) is 65.2 Å². The lowest BCUT2D eigenvalue weighted by molar-refractivity contribution is 0.0474. The molecule has 0 spiro atoms. The average molecular weight is 369 g/mol. The van der Waals surface area contributed by atoms with Crippen LogP contribution < -0.4 is 4.72 Å². The Balaban J connectivity index is 2.09. The molecule has 0 amide bonds. The first kappa shape index (κ1) is 18.7. The van der Waals surface area contributed by atoms with Gasteiger partial charge in [0.1, 0.15) is 0 Å². The Morgan fingerprint density at radius 1 is 1.04 bits per heavy atom. The first-order valence-corrected chi connectivity index (χ1v) is 8.42. The zero-order valence-electron chi connectivity index (χ0n) is 13.0. The lowest BCUT2D eigenvalue weighted by atomic mass is 10.1. The average Bonchev–Trinajstić information content (AvgIpc) is 2.61. The molecule has 25 heavy (non-hydrogen) atoms. The third-order valence-electron chi connectivity index (χ3n) is 3.22. The van der Waals surface area contributed by atoms with Crippen molar-refractivity contribution >= 4 is 21.8 Å². The summed E-state index contributed by atoms with van der Waals surface area (Å²) in [5.74, 6) is -3.95. The van der Waals surface area contributed by atoms with Gasteiger partial charge in [-0.15, -0.1) is 0 Å². The van der Waals surface area contributed by atoms with Gasteiger partial charge in [-0.1, -0.05) is 6.07 Å². The minimum absolute atomic E-state index is 0.0746. The Hall–Kier alpha value is -2.65. The SMILES string of the molecule is CNS(=O)(=O)c1cccc(C(=O)OCC(=O)c2ccc(F)c(F)c2)c1. The van der Waals surface area contributed by atoms with E-state index in [1.807, 2.05) is 0 Å². The molecule has 132 valence electrons. The van der Waals surface area contributed by atoms with E-state index in [1.54, 1.807) is 0 Å². The molecule has 0 fully saturated rings. The molecule has 0 aliphatic rings. The molecule has 9 heteroatoms. The smallest absolute Gasteiger partial charge is 0.338 e. The van der Waals surface area contributed by atoms with Gasteiger partial charge in [0.05, 0.1) is 10.5 Å². The van der Waals surface area contributed by atoms with E-state index in [2.05, 4.69) is 4.72 Å². The van der Waals surface area contributed by atoms with Crippen molar-refractivity contribution in [1.82, 2.24) is 4.72 Å². The van der Waals surface area contributed by atoms with Gasteiger partial charge in [0.25, 0.3) is 0 Å². The first-order valence-electron chi connectivity index (χ1n) is 6.93. The molecule has 0 saturated carbocycles. The predicted molar refractivity (Wildman–Crippen MR) is 83.7 cm³/mol. The summed E-state index contributed by atoms with van der Waals surface area (Å²) in [6.45, 7) is -0.701. The largest absolute Gasteiger partial charge is 0.454 e. The molecular formula is C16H13F2NO5S. The quantitative estimate of drug-likeness (QED) is 0.621. The molecule has 0 unspecified atom stereocenters. The maximum Gasteiger partial charge on any atom is 0.338 e. The minimum atomic E-state index is -3.74. The topological polar surface area (TPSA) is 89.5 Å². The van der Waals surface area contributed by atoms with Crippen LogP contribution in [0.2, 0.25) is 0 Å². The van der Waals surface area contributed by atoms with E-state index in [9.17, 15) is 26.8 Å². The number of benzene rings is 2. The molecule has 2 aromatic rings. The second kappa shape index (κ2) is 7.49. The Kier molecular flexibility index (Phi) is 5.60. The highest BCUT2D eigenvalue weighted by molar-refractivity contribution is 7.89. The van der Waals surface area contributed by atoms with Crippen LogP contribution in [0.4, 0.5) is 8.78 Å². The van der Waals surface area contributed by atoms with Gasteiger partial charge in [-0.05, 0) is 43.4 Å². The molecule has 0 aliphatic carbocycles. The molecule has 0 atom stereocenters. The van der Waals surface area contributed by atoms with Crippen LogP contribution in [0.25, 0.3) is 0 Å². The molecule has 0 radical (unpaired) electrons. The zero-order chi connectivity index (χ0) is 18.6. The van der Waals surface area contributed by atoms with Crippen LogP contribution in [0.1, 0.15) is 20.7 Å². The number of halogens is 2. The van der Waals surface area contributed by atoms with Crippen molar-refractivity contribution in [2.75, 3.05) is 13.7 Å². The number of ether oxygens (including phenoxy) is 1. The standard InChI is InChI=1S/C16H13F2NO5S/c1-19-25(22,23)12-4-2-3-11(7-12)16(21)24-9-15(20)10-5-6-13(17)14(18)8-10/h2-8,19H,9H2,1H3. The summed E-state index contributed by atoms with van der Waals surface area (Å²) in [7, 11) is -2.52. The fourth-order valence-corrected chi connectivity index (χ4v) is 2.65. The highest BCUT2D eigenvalue weighted by Crippen LogP contribution is 2.13. The molecule has 2 aromatic carbocycles. The highest BCUT2D eigenvalue weighted by Gasteiger charge is 2.17. The van der Waals surface area contributed by atoms with Crippen molar-refractivity contribution in [1.29, 1.82) is 0 Å². The normalized spacial score (nSPS) is 11.2. The highest BCUT2D eigenvalue weighted by atomic mass is 32.2. The van der Waals surface area contributed by atoms with Gasteiger partial charge in [-0.25, -0.2) is 26.7 Å². The van der Waals surface area contributed by atoms with Gasteiger partial charge in [-0.3, -0.25) is 4.79 Å². The summed E-state index contributed by atoms with van der Waals surface area (Å²) in [6.07, 6.45) is 0. The molecule has 6 nitrogen and oxygen atoms in total. The molecule has 0 saturated heterocycles. The van der Waals surface area contributed by atoms with Crippen LogP contribution in [0.3, 0.4) is 0 Å². The van der Waals surface area contributed by atoms with Crippen molar-refractivity contribution < 1.29 is 31.5 Å². The van der Waals surface area contributed by atoms with Gasteiger partial charge in [0.15, 0.2) is 24.0 Å². The molecule has 0 aromatic heterocycles. The van der Waals surface area contributed by atoms with E-state index < -0.39 is 40.0 Å². The number of nitrogens with one attached hydrogen (secondary N) is 1. The van der Waals surface area contributed by atoms with E-state index in [0.29, 0.717) is 6.07 Å². The van der Waals surface area contributed by atoms with E-state index in [1.165, 1.54) is 25.2 Å². The second-order valence-corrected chi connectivity index (χ2v) is 6.75. The Labute approximate surface area is 142 Å². The zero-order valence-corrected chi connectivity index (χ0v) is 13.8. The summed E-state index contributed by atoms with van der Waals surface area (Å²) in [5, 5.41) is 0. The van der Waals surface area contributed by atoms with Crippen molar-refractivity contribution in [2.45, 2.75) is 4.90 Å². The number of carbonyl (C=O) groups is 2. The molecule has 0 bridgehead atoms. The third-order valence-corrected chi connectivity index (χ3v) is 4.64. The van der Waals surface area contributed by atoms with Gasteiger partial charge < -0.3 is 4.74 Å². The van der Waals surface area contributed by atoms with E-state index in [0.717, 1.165) is 18.2 Å². The van der Waals surface area contributed by atoms with Crippen LogP contribution in [0.5, 0.6) is 0 Å². The monoisotopic (exact) mass is 369 g/mol. The summed E-state index contributed by atoms with van der Waals surface area (Å²) in [4.78, 5) is 23.6. The number of carbonyl (C=O) groups excluding carboxylic acids is 2. The van der Waals surface area contributed by atoms with Gasteiger partial charge in [0, 0.05) is 5.56 Å². The van der Waals surface area contributed by atoms with E-state index in [4.69, 9.17) is 4.74 Å². The fraction of sp³-hybridized carbons (Fsp3) is 0.125. The maximum absolute atomic E-state index is 13.1. The van der Waals surface area contributed by atoms with Crippen LogP contribution in [0, 0.1) is 11.6 Å². The number of rotatable bonds is 6. The number of sulfonamides is 1. The van der Waals surface area contributed by atoms with Gasteiger partial charge in [-0.2, -0.15) is 0 Å². The Bertz CT molecular complexity index is 928. The Morgan fingerprint density at radius 3 is 2.40 bits per heavy atom. The third kappa shape index (κ3) is 4.46. The Morgan fingerprint density at radius 2 is 1.76 bits per heavy atom.